The summed E-state index contributed by atoms with van der Waals surface area (Å²) in [6.07, 6.45) is 4.35. The van der Waals surface area contributed by atoms with Gasteiger partial charge in [0.25, 0.3) is 11.8 Å². The molecule has 1 unspecified atom stereocenters. The van der Waals surface area contributed by atoms with Crippen LogP contribution in [0.5, 0.6) is 0 Å². The van der Waals surface area contributed by atoms with Gasteiger partial charge in [0.2, 0.25) is 0 Å². The van der Waals surface area contributed by atoms with Gasteiger partial charge >= 0.3 is 0 Å². The van der Waals surface area contributed by atoms with Gasteiger partial charge < -0.3 is 15.1 Å². The van der Waals surface area contributed by atoms with Crippen molar-refractivity contribution in [2.24, 2.45) is 11.3 Å². The zero-order valence-electron chi connectivity index (χ0n) is 15.8. The smallest absolute Gasteiger partial charge is 0.291 e. The van der Waals surface area contributed by atoms with Crippen molar-refractivity contribution in [2.45, 2.75) is 47.0 Å². The summed E-state index contributed by atoms with van der Waals surface area (Å²) >= 11 is 1.53. The molecule has 0 aromatic carbocycles. The molecule has 0 saturated heterocycles. The number of amides is 2. The number of hydrogen-bond donors (Lipinski definition) is 2. The first-order valence-corrected chi connectivity index (χ1v) is 9.90. The van der Waals surface area contributed by atoms with Crippen molar-refractivity contribution < 1.29 is 14.0 Å². The van der Waals surface area contributed by atoms with Crippen molar-refractivity contribution in [3.8, 4) is 0 Å². The third-order valence-electron chi connectivity index (χ3n) is 5.03. The fourth-order valence-corrected chi connectivity index (χ4v) is 4.79. The number of nitrogens with one attached hydrogen (secondary N) is 2. The van der Waals surface area contributed by atoms with Crippen LogP contribution in [0.4, 0.5) is 5.00 Å². The molecule has 0 radical (unpaired) electrons. The summed E-state index contributed by atoms with van der Waals surface area (Å²) in [5.41, 5.74) is 1.95. The Labute approximate surface area is 158 Å². The first kappa shape index (κ1) is 18.7. The number of carbonyl (C=O) groups is 2. The second-order valence-electron chi connectivity index (χ2n) is 7.80. The Hall–Kier alpha value is -2.08. The van der Waals surface area contributed by atoms with E-state index in [4.69, 9.17) is 4.42 Å². The van der Waals surface area contributed by atoms with E-state index in [2.05, 4.69) is 31.4 Å². The highest BCUT2D eigenvalue weighted by molar-refractivity contribution is 7.17. The monoisotopic (exact) mass is 374 g/mol. The quantitative estimate of drug-likeness (QED) is 0.828. The molecule has 2 aromatic rings. The van der Waals surface area contributed by atoms with Crippen molar-refractivity contribution in [1.29, 1.82) is 0 Å². The molecule has 0 aliphatic heterocycles. The van der Waals surface area contributed by atoms with Crippen molar-refractivity contribution in [3.05, 3.63) is 40.2 Å². The van der Waals surface area contributed by atoms with Crippen LogP contribution in [-0.2, 0) is 12.8 Å². The number of rotatable bonds is 4. The molecule has 2 aromatic heterocycles. The highest BCUT2D eigenvalue weighted by Crippen LogP contribution is 2.44. The molecule has 2 heterocycles. The highest BCUT2D eigenvalue weighted by Gasteiger charge is 2.34. The first-order valence-electron chi connectivity index (χ1n) is 9.08. The lowest BCUT2D eigenvalue weighted by molar-refractivity contribution is 0.0955. The number of fused-ring (bicyclic) bond motifs is 1. The molecule has 0 bridgehead atoms. The van der Waals surface area contributed by atoms with Gasteiger partial charge in [-0.1, -0.05) is 20.8 Å². The number of thiophene rings is 1. The van der Waals surface area contributed by atoms with E-state index >= 15 is 0 Å². The van der Waals surface area contributed by atoms with Crippen molar-refractivity contribution in [3.63, 3.8) is 0 Å². The van der Waals surface area contributed by atoms with E-state index in [-0.39, 0.29) is 23.0 Å². The Balaban J connectivity index is 1.94. The maximum atomic E-state index is 12.7. The summed E-state index contributed by atoms with van der Waals surface area (Å²) < 4.78 is 5.17. The molecule has 5 nitrogen and oxygen atoms in total. The molecule has 3 rings (SSSR count). The molecule has 1 atom stereocenters. The highest BCUT2D eigenvalue weighted by atomic mass is 32.1. The van der Waals surface area contributed by atoms with Crippen LogP contribution in [0.15, 0.2) is 22.8 Å². The predicted octanol–water partition coefficient (Wildman–Crippen LogP) is 4.49. The maximum Gasteiger partial charge on any atom is 0.291 e. The van der Waals surface area contributed by atoms with Gasteiger partial charge in [-0.05, 0) is 55.2 Å². The molecule has 1 aliphatic rings. The van der Waals surface area contributed by atoms with Crippen molar-refractivity contribution in [2.75, 3.05) is 11.9 Å². The van der Waals surface area contributed by atoms with Crippen LogP contribution in [0.25, 0.3) is 0 Å². The maximum absolute atomic E-state index is 12.7. The van der Waals surface area contributed by atoms with Gasteiger partial charge in [-0.25, -0.2) is 0 Å². The van der Waals surface area contributed by atoms with Crippen molar-refractivity contribution >= 4 is 28.2 Å². The Kier molecular flexibility index (Phi) is 5.23. The van der Waals surface area contributed by atoms with Crippen LogP contribution in [0, 0.1) is 11.3 Å². The van der Waals surface area contributed by atoms with Crippen LogP contribution in [0.2, 0.25) is 0 Å². The van der Waals surface area contributed by atoms with E-state index in [1.165, 1.54) is 22.5 Å². The third-order valence-corrected chi connectivity index (χ3v) is 6.20. The van der Waals surface area contributed by atoms with Gasteiger partial charge in [0, 0.05) is 11.4 Å². The lowest BCUT2D eigenvalue weighted by atomic mass is 9.72. The molecule has 6 heteroatoms. The minimum atomic E-state index is -0.327. The summed E-state index contributed by atoms with van der Waals surface area (Å²) in [5.74, 6) is 0.371. The summed E-state index contributed by atoms with van der Waals surface area (Å²) in [5, 5.41) is 6.39. The number of carbonyl (C=O) groups excluding carboxylic acids is 2. The second-order valence-corrected chi connectivity index (χ2v) is 8.91. The van der Waals surface area contributed by atoms with Crippen molar-refractivity contribution in [1.82, 2.24) is 5.32 Å². The summed E-state index contributed by atoms with van der Waals surface area (Å²) in [4.78, 5) is 26.3. The number of hydrogen-bond acceptors (Lipinski definition) is 4. The minimum Gasteiger partial charge on any atom is -0.459 e. The van der Waals surface area contributed by atoms with Gasteiger partial charge in [0.15, 0.2) is 5.76 Å². The van der Waals surface area contributed by atoms with E-state index in [0.29, 0.717) is 23.0 Å². The standard InChI is InChI=1S/C20H26N2O3S/c1-5-21-18(24)16-13-9-8-12(20(2,3)4)11-15(13)26-19(16)22-17(23)14-7-6-10-25-14/h6-7,10,12H,5,8-9,11H2,1-4H3,(H,21,24)(H,22,23). The Morgan fingerprint density at radius 2 is 2.08 bits per heavy atom. The average molecular weight is 375 g/mol. The third kappa shape index (κ3) is 3.70. The van der Waals surface area contributed by atoms with Crippen LogP contribution in [0.3, 0.4) is 0 Å². The van der Waals surface area contributed by atoms with Gasteiger partial charge in [-0.3, -0.25) is 9.59 Å². The van der Waals surface area contributed by atoms with E-state index in [0.717, 1.165) is 24.8 Å². The molecule has 0 fully saturated rings. The lowest BCUT2D eigenvalue weighted by Crippen LogP contribution is -2.28. The average Bonchev–Trinajstić information content (AvgIpc) is 3.21. The summed E-state index contributed by atoms with van der Waals surface area (Å²) in [6.45, 7) is 9.24. The number of furan rings is 1. The molecule has 26 heavy (non-hydrogen) atoms. The second kappa shape index (κ2) is 7.27. The van der Waals surface area contributed by atoms with E-state index in [1.807, 2.05) is 6.92 Å². The largest absolute Gasteiger partial charge is 0.459 e. The fraction of sp³-hybridized carbons (Fsp3) is 0.500. The predicted molar refractivity (Wildman–Crippen MR) is 104 cm³/mol. The van der Waals surface area contributed by atoms with E-state index in [1.54, 1.807) is 12.1 Å². The molecule has 0 saturated carbocycles. The summed E-state index contributed by atoms with van der Waals surface area (Å²) in [7, 11) is 0. The minimum absolute atomic E-state index is 0.117. The molecule has 0 spiro atoms. The molecular weight excluding hydrogens is 348 g/mol. The van der Waals surface area contributed by atoms with E-state index < -0.39 is 0 Å². The van der Waals surface area contributed by atoms with E-state index in [9.17, 15) is 9.59 Å². The summed E-state index contributed by atoms with van der Waals surface area (Å²) in [6, 6.07) is 3.29. The van der Waals surface area contributed by atoms with Crippen LogP contribution in [0.1, 0.15) is 65.5 Å². The molecule has 140 valence electrons. The Morgan fingerprint density at radius 3 is 2.69 bits per heavy atom. The fourth-order valence-electron chi connectivity index (χ4n) is 3.47. The van der Waals surface area contributed by atoms with Crippen LogP contribution in [-0.4, -0.2) is 18.4 Å². The molecule has 2 N–H and O–H groups in total. The van der Waals surface area contributed by atoms with Gasteiger partial charge in [0.1, 0.15) is 5.00 Å². The lowest BCUT2D eigenvalue weighted by Gasteiger charge is -2.33. The Bertz CT molecular complexity index is 800. The van der Waals surface area contributed by atoms with Gasteiger partial charge in [0.05, 0.1) is 11.8 Å². The molecule has 1 aliphatic carbocycles. The van der Waals surface area contributed by atoms with Crippen LogP contribution < -0.4 is 10.6 Å². The Morgan fingerprint density at radius 1 is 1.31 bits per heavy atom. The number of anilines is 1. The van der Waals surface area contributed by atoms with Crippen LogP contribution >= 0.6 is 11.3 Å². The zero-order chi connectivity index (χ0) is 18.9. The normalized spacial score (nSPS) is 16.8. The first-order chi connectivity index (χ1) is 12.3. The zero-order valence-corrected chi connectivity index (χ0v) is 16.6. The topological polar surface area (TPSA) is 71.3 Å². The van der Waals surface area contributed by atoms with Gasteiger partial charge in [-0.15, -0.1) is 11.3 Å². The molecule has 2 amide bonds. The SMILES string of the molecule is CCNC(=O)c1c(NC(=O)c2ccco2)sc2c1CCC(C(C)(C)C)C2. The molecular formula is C20H26N2O3S. The van der Waals surface area contributed by atoms with Gasteiger partial charge in [-0.2, -0.15) is 0 Å².